The monoisotopic (exact) mass is 410 g/mol. The highest BCUT2D eigenvalue weighted by molar-refractivity contribution is 7.89. The molecule has 1 aromatic heterocycles. The molecule has 0 saturated carbocycles. The molecule has 0 saturated heterocycles. The van der Waals surface area contributed by atoms with Crippen LogP contribution < -0.4 is 4.72 Å². The Morgan fingerprint density at radius 3 is 2.65 bits per heavy atom. The number of thiazole rings is 1. The Hall–Kier alpha value is -2.00. The van der Waals surface area contributed by atoms with Crippen molar-refractivity contribution >= 4 is 49.1 Å². The number of nitrogens with one attached hydrogen (secondary N) is 1. The number of carbonyl (C=O) groups excluding carboxylic acids is 1. The van der Waals surface area contributed by atoms with Gasteiger partial charge in [-0.1, -0.05) is 35.9 Å². The van der Waals surface area contributed by atoms with Crippen molar-refractivity contribution in [2.24, 2.45) is 0 Å². The van der Waals surface area contributed by atoms with E-state index in [4.69, 9.17) is 16.3 Å². The molecule has 1 N–H and O–H groups in total. The van der Waals surface area contributed by atoms with Gasteiger partial charge in [-0.2, -0.15) is 0 Å². The van der Waals surface area contributed by atoms with Crippen LogP contribution in [0.3, 0.4) is 0 Å². The lowest BCUT2D eigenvalue weighted by Crippen LogP contribution is -2.27. The van der Waals surface area contributed by atoms with Gasteiger partial charge < -0.3 is 4.74 Å². The molecule has 0 aliphatic rings. The van der Waals surface area contributed by atoms with Gasteiger partial charge in [0.05, 0.1) is 21.7 Å². The number of halogens is 1. The summed E-state index contributed by atoms with van der Waals surface area (Å²) in [5, 5.41) is 0.814. The van der Waals surface area contributed by atoms with E-state index in [0.717, 1.165) is 10.2 Å². The third-order valence-electron chi connectivity index (χ3n) is 3.44. The van der Waals surface area contributed by atoms with Crippen molar-refractivity contribution in [3.63, 3.8) is 0 Å². The highest BCUT2D eigenvalue weighted by atomic mass is 35.5. The molecule has 0 radical (unpaired) electrons. The average molecular weight is 411 g/mol. The van der Waals surface area contributed by atoms with Crippen LogP contribution in [0, 0.1) is 0 Å². The summed E-state index contributed by atoms with van der Waals surface area (Å²) in [7, 11) is -3.77. The number of benzene rings is 2. The van der Waals surface area contributed by atoms with Crippen LogP contribution in [0.1, 0.15) is 11.4 Å². The maximum atomic E-state index is 12.2. The Morgan fingerprint density at radius 2 is 1.88 bits per heavy atom. The molecule has 9 heteroatoms. The average Bonchev–Trinajstić information content (AvgIpc) is 3.03. The first-order valence-electron chi connectivity index (χ1n) is 7.70. The maximum absolute atomic E-state index is 12.2. The molecule has 0 amide bonds. The largest absolute Gasteiger partial charge is 0.458 e. The van der Waals surface area contributed by atoms with Crippen LogP contribution in [0.5, 0.6) is 0 Å². The fraction of sp³-hybridized carbons (Fsp3) is 0.176. The Kier molecular flexibility index (Phi) is 5.87. The van der Waals surface area contributed by atoms with E-state index in [1.807, 2.05) is 24.3 Å². The Bertz CT molecular complexity index is 1000. The van der Waals surface area contributed by atoms with Crippen LogP contribution in [0.25, 0.3) is 10.2 Å². The summed E-state index contributed by atoms with van der Waals surface area (Å²) in [6.45, 7) is -0.0122. The van der Waals surface area contributed by atoms with Gasteiger partial charge >= 0.3 is 5.97 Å². The van der Waals surface area contributed by atoms with Gasteiger partial charge in [0, 0.05) is 6.54 Å². The SMILES string of the molecule is O=C(CCNS(=O)(=O)c1ccccc1Cl)OCc1nc2ccccc2s1. The fourth-order valence-corrected chi connectivity index (χ4v) is 4.65. The number of fused-ring (bicyclic) bond motifs is 1. The Morgan fingerprint density at radius 1 is 1.15 bits per heavy atom. The minimum absolute atomic E-state index is 0.0236. The molecule has 26 heavy (non-hydrogen) atoms. The summed E-state index contributed by atoms with van der Waals surface area (Å²) in [5.41, 5.74) is 0.857. The number of sulfonamides is 1. The van der Waals surface area contributed by atoms with Crippen LogP contribution >= 0.6 is 22.9 Å². The number of hydrogen-bond acceptors (Lipinski definition) is 6. The summed E-state index contributed by atoms with van der Waals surface area (Å²) in [6.07, 6.45) is -0.0887. The van der Waals surface area contributed by atoms with Crippen molar-refractivity contribution in [1.29, 1.82) is 0 Å². The summed E-state index contributed by atoms with van der Waals surface area (Å²) in [4.78, 5) is 16.2. The standard InChI is InChI=1S/C17H15ClN2O4S2/c18-12-5-1-4-8-15(12)26(22,23)19-10-9-17(21)24-11-16-20-13-6-2-3-7-14(13)25-16/h1-8,19H,9-11H2. The fourth-order valence-electron chi connectivity index (χ4n) is 2.22. The first-order valence-corrected chi connectivity index (χ1v) is 10.4. The summed E-state index contributed by atoms with van der Waals surface area (Å²) >= 11 is 7.34. The van der Waals surface area contributed by atoms with Crippen LogP contribution in [0.15, 0.2) is 53.4 Å². The lowest BCUT2D eigenvalue weighted by atomic mass is 10.3. The molecule has 6 nitrogen and oxygen atoms in total. The highest BCUT2D eigenvalue weighted by Gasteiger charge is 2.17. The zero-order valence-corrected chi connectivity index (χ0v) is 15.9. The predicted octanol–water partition coefficient (Wildman–Crippen LogP) is 3.36. The van der Waals surface area contributed by atoms with E-state index in [1.54, 1.807) is 12.1 Å². The molecular weight excluding hydrogens is 396 g/mol. The number of para-hydroxylation sites is 1. The molecule has 3 rings (SSSR count). The van der Waals surface area contributed by atoms with Crippen molar-refractivity contribution in [2.75, 3.05) is 6.54 Å². The minimum atomic E-state index is -3.77. The van der Waals surface area contributed by atoms with E-state index in [9.17, 15) is 13.2 Å². The van der Waals surface area contributed by atoms with Crippen LogP contribution in [0.4, 0.5) is 0 Å². The summed E-state index contributed by atoms with van der Waals surface area (Å²) in [6, 6.07) is 13.7. The van der Waals surface area contributed by atoms with Crippen molar-refractivity contribution in [2.45, 2.75) is 17.9 Å². The molecule has 0 spiro atoms. The van der Waals surface area contributed by atoms with Crippen LogP contribution in [-0.4, -0.2) is 25.9 Å². The van der Waals surface area contributed by atoms with Gasteiger partial charge in [-0.3, -0.25) is 4.79 Å². The normalized spacial score (nSPS) is 11.6. The molecule has 0 atom stereocenters. The molecule has 0 bridgehead atoms. The summed E-state index contributed by atoms with van der Waals surface area (Å²) in [5.74, 6) is -0.508. The lowest BCUT2D eigenvalue weighted by molar-refractivity contribution is -0.144. The molecular formula is C17H15ClN2O4S2. The van der Waals surface area contributed by atoms with Crippen LogP contribution in [-0.2, 0) is 26.2 Å². The highest BCUT2D eigenvalue weighted by Crippen LogP contribution is 2.22. The number of esters is 1. The number of carbonyl (C=O) groups is 1. The quantitative estimate of drug-likeness (QED) is 0.603. The van der Waals surface area contributed by atoms with E-state index in [0.29, 0.717) is 5.01 Å². The van der Waals surface area contributed by atoms with Gasteiger partial charge in [0.15, 0.2) is 0 Å². The van der Waals surface area contributed by atoms with Crippen molar-refractivity contribution in [3.05, 3.63) is 58.6 Å². The number of ether oxygens (including phenoxy) is 1. The molecule has 0 unspecified atom stereocenters. The lowest BCUT2D eigenvalue weighted by Gasteiger charge is -2.08. The van der Waals surface area contributed by atoms with Crippen LogP contribution in [0.2, 0.25) is 5.02 Å². The van der Waals surface area contributed by atoms with Crippen molar-refractivity contribution in [3.8, 4) is 0 Å². The topological polar surface area (TPSA) is 85.4 Å². The van der Waals surface area contributed by atoms with Gasteiger partial charge in [-0.25, -0.2) is 18.1 Å². The van der Waals surface area contributed by atoms with Gasteiger partial charge in [0.1, 0.15) is 16.5 Å². The Labute approximate surface area is 159 Å². The van der Waals surface area contributed by atoms with Gasteiger partial charge in [-0.05, 0) is 24.3 Å². The van der Waals surface area contributed by atoms with Gasteiger partial charge in [0.25, 0.3) is 0 Å². The second-order valence-corrected chi connectivity index (χ2v) is 8.57. The zero-order valence-electron chi connectivity index (χ0n) is 13.5. The number of hydrogen-bond donors (Lipinski definition) is 1. The molecule has 1 heterocycles. The second kappa shape index (κ2) is 8.13. The van der Waals surface area contributed by atoms with Crippen molar-refractivity contribution in [1.82, 2.24) is 9.71 Å². The van der Waals surface area contributed by atoms with E-state index in [1.165, 1.54) is 23.5 Å². The third kappa shape index (κ3) is 4.59. The van der Waals surface area contributed by atoms with E-state index in [2.05, 4.69) is 9.71 Å². The number of nitrogens with zero attached hydrogens (tertiary/aromatic N) is 1. The smallest absolute Gasteiger partial charge is 0.307 e. The molecule has 136 valence electrons. The first kappa shape index (κ1) is 18.8. The summed E-state index contributed by atoms with van der Waals surface area (Å²) < 4.78 is 32.8. The minimum Gasteiger partial charge on any atom is -0.458 e. The van der Waals surface area contributed by atoms with E-state index >= 15 is 0 Å². The van der Waals surface area contributed by atoms with E-state index in [-0.39, 0.29) is 29.5 Å². The predicted molar refractivity (Wildman–Crippen MR) is 101 cm³/mol. The molecule has 3 aromatic rings. The number of rotatable bonds is 7. The number of aromatic nitrogens is 1. The third-order valence-corrected chi connectivity index (χ3v) is 6.41. The maximum Gasteiger partial charge on any atom is 0.307 e. The molecule has 0 fully saturated rings. The Balaban J connectivity index is 1.49. The molecule has 0 aliphatic carbocycles. The molecule has 0 aliphatic heterocycles. The van der Waals surface area contributed by atoms with Gasteiger partial charge in [0.2, 0.25) is 10.0 Å². The first-order chi connectivity index (χ1) is 12.5. The zero-order chi connectivity index (χ0) is 18.6. The van der Waals surface area contributed by atoms with E-state index < -0.39 is 16.0 Å². The van der Waals surface area contributed by atoms with Gasteiger partial charge in [-0.15, -0.1) is 11.3 Å². The molecule has 2 aromatic carbocycles. The van der Waals surface area contributed by atoms with Crippen molar-refractivity contribution < 1.29 is 17.9 Å². The second-order valence-electron chi connectivity index (χ2n) is 5.31.